The fourth-order valence-corrected chi connectivity index (χ4v) is 3.44. The van der Waals surface area contributed by atoms with E-state index in [0.29, 0.717) is 5.56 Å². The van der Waals surface area contributed by atoms with Gasteiger partial charge in [0.1, 0.15) is 5.60 Å². The third-order valence-corrected chi connectivity index (χ3v) is 4.56. The van der Waals surface area contributed by atoms with Crippen molar-refractivity contribution in [2.75, 3.05) is 0 Å². The standard InChI is InChI=1S/C24H22N2O3/c1-24(2,3)29-23(28)25-22(27)16-13-14-21-19(15-16)18-11-7-8-12-20(18)26(21)17-9-5-4-6-10-17/h4-15H,1-3H3,(H,25,27,28). The molecule has 1 aromatic heterocycles. The van der Waals surface area contributed by atoms with Crippen molar-refractivity contribution >= 4 is 33.8 Å². The van der Waals surface area contributed by atoms with Crippen LogP contribution in [0.4, 0.5) is 4.79 Å². The lowest BCUT2D eigenvalue weighted by atomic mass is 10.1. The molecule has 0 saturated heterocycles. The van der Waals surface area contributed by atoms with Crippen molar-refractivity contribution in [2.45, 2.75) is 26.4 Å². The van der Waals surface area contributed by atoms with Crippen LogP contribution in [-0.2, 0) is 4.74 Å². The molecular formula is C24H22N2O3. The first kappa shape index (κ1) is 18.7. The Morgan fingerprint density at radius 2 is 1.48 bits per heavy atom. The highest BCUT2D eigenvalue weighted by molar-refractivity contribution is 6.12. The Kier molecular flexibility index (Phi) is 4.59. The molecule has 4 aromatic rings. The number of fused-ring (bicyclic) bond motifs is 3. The van der Waals surface area contributed by atoms with Gasteiger partial charge >= 0.3 is 6.09 Å². The van der Waals surface area contributed by atoms with E-state index in [1.807, 2.05) is 48.5 Å². The Morgan fingerprint density at radius 1 is 0.828 bits per heavy atom. The Hall–Kier alpha value is -3.60. The lowest BCUT2D eigenvalue weighted by Gasteiger charge is -2.19. The predicted molar refractivity (Wildman–Crippen MR) is 114 cm³/mol. The summed E-state index contributed by atoms with van der Waals surface area (Å²) in [5, 5.41) is 4.28. The molecule has 0 fully saturated rings. The molecule has 0 radical (unpaired) electrons. The minimum Gasteiger partial charge on any atom is -0.444 e. The third kappa shape index (κ3) is 3.72. The van der Waals surface area contributed by atoms with Gasteiger partial charge in [0.15, 0.2) is 0 Å². The van der Waals surface area contributed by atoms with Crippen molar-refractivity contribution in [3.8, 4) is 5.69 Å². The van der Waals surface area contributed by atoms with Crippen LogP contribution in [0.1, 0.15) is 31.1 Å². The van der Waals surface area contributed by atoms with Gasteiger partial charge < -0.3 is 9.30 Å². The van der Waals surface area contributed by atoms with Crippen LogP contribution in [0.25, 0.3) is 27.5 Å². The number of benzene rings is 3. The Labute approximate surface area is 168 Å². The average Bonchev–Trinajstić information content (AvgIpc) is 3.01. The van der Waals surface area contributed by atoms with E-state index in [0.717, 1.165) is 27.5 Å². The van der Waals surface area contributed by atoms with E-state index in [2.05, 4.69) is 28.1 Å². The highest BCUT2D eigenvalue weighted by Gasteiger charge is 2.20. The van der Waals surface area contributed by atoms with Crippen molar-refractivity contribution < 1.29 is 14.3 Å². The molecule has 0 aliphatic heterocycles. The van der Waals surface area contributed by atoms with Gasteiger partial charge in [-0.1, -0.05) is 36.4 Å². The van der Waals surface area contributed by atoms with Gasteiger partial charge in [-0.15, -0.1) is 0 Å². The van der Waals surface area contributed by atoms with Crippen LogP contribution >= 0.6 is 0 Å². The minimum absolute atomic E-state index is 0.402. The van der Waals surface area contributed by atoms with E-state index >= 15 is 0 Å². The fraction of sp³-hybridized carbons (Fsp3) is 0.167. The normalized spacial score (nSPS) is 11.6. The van der Waals surface area contributed by atoms with Gasteiger partial charge in [-0.2, -0.15) is 0 Å². The van der Waals surface area contributed by atoms with Crippen molar-refractivity contribution in [3.05, 3.63) is 78.4 Å². The summed E-state index contributed by atoms with van der Waals surface area (Å²) in [6.45, 7) is 5.25. The molecule has 0 aliphatic rings. The number of hydrogen-bond donors (Lipinski definition) is 1. The third-order valence-electron chi connectivity index (χ3n) is 4.56. The van der Waals surface area contributed by atoms with E-state index in [4.69, 9.17) is 4.74 Å². The van der Waals surface area contributed by atoms with Gasteiger partial charge in [0.05, 0.1) is 11.0 Å². The van der Waals surface area contributed by atoms with Crippen molar-refractivity contribution in [1.29, 1.82) is 0 Å². The number of para-hydroxylation sites is 2. The maximum atomic E-state index is 12.6. The van der Waals surface area contributed by atoms with E-state index in [-0.39, 0.29) is 0 Å². The molecule has 0 spiro atoms. The summed E-state index contributed by atoms with van der Waals surface area (Å²) < 4.78 is 7.34. The molecule has 1 N–H and O–H groups in total. The molecule has 0 saturated carbocycles. The van der Waals surface area contributed by atoms with E-state index in [9.17, 15) is 9.59 Å². The monoisotopic (exact) mass is 386 g/mol. The minimum atomic E-state index is -0.755. The van der Waals surface area contributed by atoms with Crippen LogP contribution in [-0.4, -0.2) is 22.2 Å². The summed E-state index contributed by atoms with van der Waals surface area (Å²) in [5.74, 6) is -0.488. The van der Waals surface area contributed by atoms with Crippen molar-refractivity contribution in [2.24, 2.45) is 0 Å². The Bertz CT molecular complexity index is 1220. The van der Waals surface area contributed by atoms with Crippen LogP contribution in [0.2, 0.25) is 0 Å². The van der Waals surface area contributed by atoms with Crippen LogP contribution in [0.15, 0.2) is 72.8 Å². The highest BCUT2D eigenvalue weighted by Crippen LogP contribution is 2.32. The second kappa shape index (κ2) is 7.09. The molecular weight excluding hydrogens is 364 g/mol. The molecule has 4 rings (SSSR count). The fourth-order valence-electron chi connectivity index (χ4n) is 3.44. The van der Waals surface area contributed by atoms with E-state index < -0.39 is 17.6 Å². The number of amides is 2. The molecule has 2 amide bonds. The van der Waals surface area contributed by atoms with Gasteiger partial charge in [0, 0.05) is 22.0 Å². The maximum Gasteiger partial charge on any atom is 0.414 e. The van der Waals surface area contributed by atoms with Crippen molar-refractivity contribution in [1.82, 2.24) is 9.88 Å². The summed E-state index contributed by atoms with van der Waals surface area (Å²) >= 11 is 0. The molecule has 3 aromatic carbocycles. The molecule has 0 aliphatic carbocycles. The summed E-state index contributed by atoms with van der Waals surface area (Å²) in [7, 11) is 0. The number of hydrogen-bond acceptors (Lipinski definition) is 3. The smallest absolute Gasteiger partial charge is 0.414 e. The van der Waals surface area contributed by atoms with Gasteiger partial charge in [0.2, 0.25) is 0 Å². The molecule has 5 heteroatoms. The number of carbonyl (C=O) groups is 2. The average molecular weight is 386 g/mol. The largest absolute Gasteiger partial charge is 0.444 e. The molecule has 1 heterocycles. The number of aromatic nitrogens is 1. The van der Waals surface area contributed by atoms with Gasteiger partial charge in [0.25, 0.3) is 5.91 Å². The van der Waals surface area contributed by atoms with Gasteiger partial charge in [-0.3, -0.25) is 10.1 Å². The number of imide groups is 1. The zero-order valence-corrected chi connectivity index (χ0v) is 16.6. The van der Waals surface area contributed by atoms with Crippen LogP contribution < -0.4 is 5.32 Å². The zero-order chi connectivity index (χ0) is 20.6. The van der Waals surface area contributed by atoms with Gasteiger partial charge in [-0.05, 0) is 57.2 Å². The quantitative estimate of drug-likeness (QED) is 0.498. The second-order valence-electron chi connectivity index (χ2n) is 7.88. The summed E-state index contributed by atoms with van der Waals surface area (Å²) in [4.78, 5) is 24.5. The molecule has 0 bridgehead atoms. The molecule has 0 unspecified atom stereocenters. The first-order valence-electron chi connectivity index (χ1n) is 9.46. The van der Waals surface area contributed by atoms with E-state index in [1.54, 1.807) is 26.8 Å². The lowest BCUT2D eigenvalue weighted by Crippen LogP contribution is -2.36. The molecule has 5 nitrogen and oxygen atoms in total. The topological polar surface area (TPSA) is 60.3 Å². The Morgan fingerprint density at radius 3 is 2.21 bits per heavy atom. The highest BCUT2D eigenvalue weighted by atomic mass is 16.6. The zero-order valence-electron chi connectivity index (χ0n) is 16.6. The second-order valence-corrected chi connectivity index (χ2v) is 7.88. The van der Waals surface area contributed by atoms with E-state index in [1.165, 1.54) is 0 Å². The first-order chi connectivity index (χ1) is 13.8. The maximum absolute atomic E-state index is 12.6. The molecule has 146 valence electrons. The Balaban J connectivity index is 1.78. The number of nitrogens with one attached hydrogen (secondary N) is 1. The first-order valence-corrected chi connectivity index (χ1v) is 9.46. The number of carbonyl (C=O) groups excluding carboxylic acids is 2. The number of nitrogens with zero attached hydrogens (tertiary/aromatic N) is 1. The number of ether oxygens (including phenoxy) is 1. The summed E-state index contributed by atoms with van der Waals surface area (Å²) in [6.07, 6.45) is -0.755. The van der Waals surface area contributed by atoms with Crippen LogP contribution in [0.3, 0.4) is 0 Å². The van der Waals surface area contributed by atoms with Crippen molar-refractivity contribution in [3.63, 3.8) is 0 Å². The van der Waals surface area contributed by atoms with Gasteiger partial charge in [-0.25, -0.2) is 4.79 Å². The predicted octanol–water partition coefficient (Wildman–Crippen LogP) is 5.45. The SMILES string of the molecule is CC(C)(C)OC(=O)NC(=O)c1ccc2c(c1)c1ccccc1n2-c1ccccc1. The molecule has 29 heavy (non-hydrogen) atoms. The molecule has 0 atom stereocenters. The summed E-state index contributed by atoms with van der Waals surface area (Å²) in [6, 6.07) is 23.6. The lowest BCUT2D eigenvalue weighted by molar-refractivity contribution is 0.0508. The number of alkyl carbamates (subject to hydrolysis) is 1. The van der Waals surface area contributed by atoms with Crippen LogP contribution in [0.5, 0.6) is 0 Å². The van der Waals surface area contributed by atoms with Crippen LogP contribution in [0, 0.1) is 0 Å². The summed E-state index contributed by atoms with van der Waals surface area (Å²) in [5.41, 5.74) is 2.82. The number of rotatable bonds is 2.